The number of hydrogen-bond acceptors (Lipinski definition) is 5. The first kappa shape index (κ1) is 20.3. The number of ether oxygens (including phenoxy) is 1. The molecular formula is C22H22F3N3O3. The van der Waals surface area contributed by atoms with Gasteiger partial charge in [0.1, 0.15) is 29.7 Å². The number of nitrogens with zero attached hydrogens (tertiary/aromatic N) is 2. The summed E-state index contributed by atoms with van der Waals surface area (Å²) in [5, 5.41) is 24.8. The van der Waals surface area contributed by atoms with E-state index in [1.807, 2.05) is 0 Å². The van der Waals surface area contributed by atoms with Crippen molar-refractivity contribution >= 4 is 11.0 Å². The minimum Gasteiger partial charge on any atom is -0.487 e. The molecule has 3 heterocycles. The number of pyridine rings is 1. The molecule has 1 aromatic carbocycles. The molecule has 4 atom stereocenters. The molecule has 0 spiro atoms. The van der Waals surface area contributed by atoms with Crippen molar-refractivity contribution < 1.29 is 28.1 Å². The summed E-state index contributed by atoms with van der Waals surface area (Å²) in [5.74, 6) is -2.23. The molecule has 2 aromatic heterocycles. The molecule has 9 heteroatoms. The maximum Gasteiger partial charge on any atom is 0.162 e. The zero-order valence-corrected chi connectivity index (χ0v) is 16.8. The predicted octanol–water partition coefficient (Wildman–Crippen LogP) is 2.52. The topological polar surface area (TPSA) is 79.5 Å². The Hall–Kier alpha value is -2.62. The highest BCUT2D eigenvalue weighted by molar-refractivity contribution is 5.80. The van der Waals surface area contributed by atoms with Gasteiger partial charge in [-0.05, 0) is 31.5 Å². The second kappa shape index (κ2) is 7.51. The molecule has 31 heavy (non-hydrogen) atoms. The van der Waals surface area contributed by atoms with E-state index in [0.717, 1.165) is 6.07 Å². The van der Waals surface area contributed by atoms with E-state index in [-0.39, 0.29) is 17.7 Å². The maximum atomic E-state index is 14.5. The van der Waals surface area contributed by atoms with Crippen LogP contribution >= 0.6 is 0 Å². The molecule has 6 nitrogen and oxygen atoms in total. The first-order valence-electron chi connectivity index (χ1n) is 10.2. The van der Waals surface area contributed by atoms with Crippen LogP contribution in [0.5, 0.6) is 5.75 Å². The maximum absolute atomic E-state index is 14.5. The van der Waals surface area contributed by atoms with E-state index in [2.05, 4.69) is 10.3 Å². The number of nitrogens with one attached hydrogen (secondary N) is 1. The SMILES string of the molecule is Cc1ccnc2c1c(F)cn2C1CC(Oc2cc(F)c(F)c3c2CNCC3)C(O)C1O. The Morgan fingerprint density at radius 3 is 2.77 bits per heavy atom. The Morgan fingerprint density at radius 2 is 1.97 bits per heavy atom. The molecule has 1 aliphatic heterocycles. The number of benzene rings is 1. The van der Waals surface area contributed by atoms with E-state index in [1.54, 1.807) is 19.2 Å². The summed E-state index contributed by atoms with van der Waals surface area (Å²) in [7, 11) is 0. The largest absolute Gasteiger partial charge is 0.487 e. The Bertz CT molecular complexity index is 1170. The van der Waals surface area contributed by atoms with Gasteiger partial charge in [-0.25, -0.2) is 18.2 Å². The third-order valence-electron chi connectivity index (χ3n) is 6.36. The van der Waals surface area contributed by atoms with Crippen molar-refractivity contribution in [2.45, 2.75) is 50.7 Å². The summed E-state index contributed by atoms with van der Waals surface area (Å²) >= 11 is 0. The highest BCUT2D eigenvalue weighted by atomic mass is 19.2. The molecular weight excluding hydrogens is 411 g/mol. The molecule has 3 aromatic rings. The van der Waals surface area contributed by atoms with Crippen LogP contribution in [0.15, 0.2) is 24.5 Å². The zero-order valence-electron chi connectivity index (χ0n) is 16.8. The van der Waals surface area contributed by atoms with Crippen LogP contribution in [-0.2, 0) is 13.0 Å². The number of aryl methyl sites for hydroxylation is 1. The molecule has 0 bridgehead atoms. The lowest BCUT2D eigenvalue weighted by Gasteiger charge is -2.25. The first-order chi connectivity index (χ1) is 14.9. The lowest BCUT2D eigenvalue weighted by molar-refractivity contribution is -0.0167. The van der Waals surface area contributed by atoms with Gasteiger partial charge in [-0.1, -0.05) is 0 Å². The number of hydrogen-bond donors (Lipinski definition) is 3. The summed E-state index contributed by atoms with van der Waals surface area (Å²) in [6, 6.07) is 1.98. The lowest BCUT2D eigenvalue weighted by atomic mass is 9.99. The minimum atomic E-state index is -1.30. The molecule has 1 aliphatic carbocycles. The van der Waals surface area contributed by atoms with Crippen LogP contribution in [0.2, 0.25) is 0 Å². The zero-order chi connectivity index (χ0) is 21.9. The van der Waals surface area contributed by atoms with E-state index in [1.165, 1.54) is 10.8 Å². The molecule has 0 amide bonds. The Morgan fingerprint density at radius 1 is 1.16 bits per heavy atom. The second-order valence-electron chi connectivity index (χ2n) is 8.21. The smallest absolute Gasteiger partial charge is 0.162 e. The van der Waals surface area contributed by atoms with Gasteiger partial charge in [-0.15, -0.1) is 0 Å². The van der Waals surface area contributed by atoms with Crippen LogP contribution < -0.4 is 10.1 Å². The van der Waals surface area contributed by atoms with Crippen molar-refractivity contribution in [2.24, 2.45) is 0 Å². The molecule has 164 valence electrons. The summed E-state index contributed by atoms with van der Waals surface area (Å²) in [5.41, 5.74) is 1.84. The molecule has 3 N–H and O–H groups in total. The molecule has 2 aliphatic rings. The molecule has 0 saturated heterocycles. The van der Waals surface area contributed by atoms with Crippen LogP contribution in [0, 0.1) is 24.4 Å². The van der Waals surface area contributed by atoms with Crippen molar-refractivity contribution in [1.29, 1.82) is 0 Å². The average Bonchev–Trinajstić information content (AvgIpc) is 3.24. The van der Waals surface area contributed by atoms with Crippen molar-refractivity contribution in [3.63, 3.8) is 0 Å². The number of fused-ring (bicyclic) bond motifs is 2. The Labute approximate surface area is 176 Å². The fourth-order valence-electron chi connectivity index (χ4n) is 4.74. The lowest BCUT2D eigenvalue weighted by Crippen LogP contribution is -2.35. The van der Waals surface area contributed by atoms with E-state index < -0.39 is 41.8 Å². The average molecular weight is 433 g/mol. The quantitative estimate of drug-likeness (QED) is 0.592. The van der Waals surface area contributed by atoms with E-state index >= 15 is 0 Å². The summed E-state index contributed by atoms with van der Waals surface area (Å²) in [6.07, 6.45) is -0.148. The van der Waals surface area contributed by atoms with Gasteiger partial charge in [-0.3, -0.25) is 0 Å². The monoisotopic (exact) mass is 433 g/mol. The first-order valence-corrected chi connectivity index (χ1v) is 10.2. The number of rotatable bonds is 3. The van der Waals surface area contributed by atoms with Gasteiger partial charge < -0.3 is 24.8 Å². The third kappa shape index (κ3) is 3.19. The summed E-state index contributed by atoms with van der Waals surface area (Å²) < 4.78 is 50.3. The standard InChI is InChI=1S/C22H22F3N3O3/c1-10-2-5-27-22-18(10)14(24)9-28(22)15-7-17(21(30)20(15)29)31-16-6-13(23)19(25)11-3-4-26-8-12(11)16/h2,5-6,9,15,17,20-21,26,29-30H,3-4,7-8H2,1H3. The molecule has 0 radical (unpaired) electrons. The second-order valence-corrected chi connectivity index (χ2v) is 8.21. The number of aromatic nitrogens is 2. The minimum absolute atomic E-state index is 0.135. The fraction of sp³-hybridized carbons (Fsp3) is 0.409. The molecule has 4 unspecified atom stereocenters. The van der Waals surface area contributed by atoms with E-state index in [9.17, 15) is 23.4 Å². The van der Waals surface area contributed by atoms with Crippen LogP contribution in [0.1, 0.15) is 29.2 Å². The summed E-state index contributed by atoms with van der Waals surface area (Å²) in [6.45, 7) is 2.61. The van der Waals surface area contributed by atoms with Gasteiger partial charge in [0, 0.05) is 42.6 Å². The van der Waals surface area contributed by atoms with Gasteiger partial charge >= 0.3 is 0 Å². The molecule has 5 rings (SSSR count). The number of halogens is 3. The van der Waals surface area contributed by atoms with Crippen molar-refractivity contribution in [1.82, 2.24) is 14.9 Å². The van der Waals surface area contributed by atoms with Crippen molar-refractivity contribution in [3.8, 4) is 5.75 Å². The van der Waals surface area contributed by atoms with Crippen molar-refractivity contribution in [2.75, 3.05) is 6.54 Å². The number of aliphatic hydroxyl groups excluding tert-OH is 2. The van der Waals surface area contributed by atoms with Gasteiger partial charge in [0.2, 0.25) is 0 Å². The van der Waals surface area contributed by atoms with E-state index in [0.29, 0.717) is 41.7 Å². The Kier molecular flexibility index (Phi) is 4.91. The van der Waals surface area contributed by atoms with Crippen LogP contribution in [0.3, 0.4) is 0 Å². The normalized spacial score (nSPS) is 25.7. The van der Waals surface area contributed by atoms with E-state index in [4.69, 9.17) is 4.74 Å². The van der Waals surface area contributed by atoms with Crippen LogP contribution in [-0.4, -0.2) is 44.6 Å². The Balaban J connectivity index is 1.48. The van der Waals surface area contributed by atoms with Crippen molar-refractivity contribution in [3.05, 3.63) is 58.7 Å². The highest BCUT2D eigenvalue weighted by Crippen LogP contribution is 2.38. The molecule has 1 saturated carbocycles. The van der Waals surface area contributed by atoms with Gasteiger partial charge in [0.25, 0.3) is 0 Å². The van der Waals surface area contributed by atoms with Gasteiger partial charge in [-0.2, -0.15) is 0 Å². The van der Waals surface area contributed by atoms with Crippen LogP contribution in [0.4, 0.5) is 13.2 Å². The molecule has 1 fully saturated rings. The van der Waals surface area contributed by atoms with Gasteiger partial charge in [0.15, 0.2) is 17.5 Å². The number of aliphatic hydroxyl groups is 2. The third-order valence-corrected chi connectivity index (χ3v) is 6.36. The highest BCUT2D eigenvalue weighted by Gasteiger charge is 2.45. The fourth-order valence-corrected chi connectivity index (χ4v) is 4.74. The van der Waals surface area contributed by atoms with Crippen LogP contribution in [0.25, 0.3) is 11.0 Å². The summed E-state index contributed by atoms with van der Waals surface area (Å²) in [4.78, 5) is 4.24. The van der Waals surface area contributed by atoms with Gasteiger partial charge in [0.05, 0.1) is 11.4 Å². The predicted molar refractivity (Wildman–Crippen MR) is 106 cm³/mol.